The minimum absolute atomic E-state index is 0. The van der Waals surface area contributed by atoms with Gasteiger partial charge in [0.25, 0.3) is 0 Å². The van der Waals surface area contributed by atoms with Crippen LogP contribution in [0.3, 0.4) is 0 Å². The highest BCUT2D eigenvalue weighted by Crippen LogP contribution is 2.31. The van der Waals surface area contributed by atoms with Gasteiger partial charge in [0.2, 0.25) is 0 Å². The molecule has 1 aliphatic heterocycles. The molecule has 0 saturated heterocycles. The van der Waals surface area contributed by atoms with Gasteiger partial charge in [-0.25, -0.2) is 0 Å². The maximum Gasteiger partial charge on any atom is 0.0380 e. The van der Waals surface area contributed by atoms with Crippen molar-refractivity contribution >= 4 is 0 Å². The topological polar surface area (TPSA) is 12.0 Å². The molecule has 0 unspecified atom stereocenters. The van der Waals surface area contributed by atoms with Crippen molar-refractivity contribution in [2.24, 2.45) is 0 Å². The molecule has 1 N–H and O–H groups in total. The van der Waals surface area contributed by atoms with Crippen LogP contribution in [0.15, 0.2) is 18.2 Å². The predicted octanol–water partition coefficient (Wildman–Crippen LogP) is 3.61. The fourth-order valence-corrected chi connectivity index (χ4v) is 2.48. The molecule has 0 bridgehead atoms. The smallest absolute Gasteiger partial charge is 0.0380 e. The SMILES string of the molecule is CC(C)(C)c1ccc2c(c1)CCNC2(C)C.[HH]. The molecule has 1 aliphatic rings. The van der Waals surface area contributed by atoms with Crippen LogP contribution < -0.4 is 5.32 Å². The van der Waals surface area contributed by atoms with Gasteiger partial charge in [0.15, 0.2) is 0 Å². The van der Waals surface area contributed by atoms with E-state index >= 15 is 0 Å². The number of rotatable bonds is 0. The van der Waals surface area contributed by atoms with E-state index in [2.05, 4.69) is 58.1 Å². The van der Waals surface area contributed by atoms with E-state index in [0.717, 1.165) is 13.0 Å². The zero-order valence-electron chi connectivity index (χ0n) is 11.1. The Bertz CT molecular complexity index is 402. The Balaban J connectivity index is 0.00000144. The van der Waals surface area contributed by atoms with E-state index in [1.807, 2.05) is 0 Å². The first-order valence-corrected chi connectivity index (χ1v) is 6.20. The highest BCUT2D eigenvalue weighted by molar-refractivity contribution is 5.40. The van der Waals surface area contributed by atoms with Crippen molar-refractivity contribution in [3.8, 4) is 0 Å². The van der Waals surface area contributed by atoms with E-state index in [0.29, 0.717) is 0 Å². The molecule has 1 nitrogen and oxygen atoms in total. The molecule has 16 heavy (non-hydrogen) atoms. The third-order valence-corrected chi connectivity index (χ3v) is 3.61. The summed E-state index contributed by atoms with van der Waals surface area (Å²) in [7, 11) is 0. The van der Waals surface area contributed by atoms with E-state index in [4.69, 9.17) is 0 Å². The monoisotopic (exact) mass is 219 g/mol. The normalized spacial score (nSPS) is 19.3. The largest absolute Gasteiger partial charge is 0.307 e. The summed E-state index contributed by atoms with van der Waals surface area (Å²) in [5.41, 5.74) is 4.82. The number of hydrogen-bond donors (Lipinski definition) is 1. The maximum atomic E-state index is 3.57. The van der Waals surface area contributed by atoms with Gasteiger partial charge in [-0.1, -0.05) is 39.0 Å². The van der Waals surface area contributed by atoms with Crippen LogP contribution >= 0.6 is 0 Å². The summed E-state index contributed by atoms with van der Waals surface area (Å²) in [5.74, 6) is 0. The molecule has 90 valence electrons. The Kier molecular flexibility index (Phi) is 2.62. The first kappa shape index (κ1) is 11.7. The molecule has 0 atom stereocenters. The van der Waals surface area contributed by atoms with Crippen LogP contribution in [0.5, 0.6) is 0 Å². The summed E-state index contributed by atoms with van der Waals surface area (Å²) >= 11 is 0. The van der Waals surface area contributed by atoms with E-state index < -0.39 is 0 Å². The molecule has 1 heteroatoms. The van der Waals surface area contributed by atoms with Gasteiger partial charge in [-0.3, -0.25) is 0 Å². The minimum atomic E-state index is 0. The molecule has 0 amide bonds. The highest BCUT2D eigenvalue weighted by atomic mass is 15.0. The van der Waals surface area contributed by atoms with Crippen LogP contribution in [0.2, 0.25) is 0 Å². The Morgan fingerprint density at radius 2 is 1.94 bits per heavy atom. The zero-order valence-corrected chi connectivity index (χ0v) is 11.1. The number of nitrogens with one attached hydrogen (secondary N) is 1. The number of benzene rings is 1. The molecular weight excluding hydrogens is 194 g/mol. The molecule has 0 saturated carbocycles. The number of fused-ring (bicyclic) bond motifs is 1. The first-order valence-electron chi connectivity index (χ1n) is 6.20. The third-order valence-electron chi connectivity index (χ3n) is 3.61. The molecule has 2 rings (SSSR count). The second-order valence-corrected chi connectivity index (χ2v) is 6.42. The van der Waals surface area contributed by atoms with Crippen molar-refractivity contribution in [3.05, 3.63) is 34.9 Å². The predicted molar refractivity (Wildman–Crippen MR) is 72.0 cm³/mol. The summed E-state index contributed by atoms with van der Waals surface area (Å²) in [6.07, 6.45) is 1.16. The van der Waals surface area contributed by atoms with Crippen LogP contribution in [0.25, 0.3) is 0 Å². The van der Waals surface area contributed by atoms with Crippen LogP contribution in [-0.2, 0) is 17.4 Å². The Labute approximate surface area is 101 Å². The second kappa shape index (κ2) is 3.59. The Hall–Kier alpha value is -0.820. The summed E-state index contributed by atoms with van der Waals surface area (Å²) in [6.45, 7) is 12.5. The molecule has 0 spiro atoms. The lowest BCUT2D eigenvalue weighted by Crippen LogP contribution is -2.42. The maximum absolute atomic E-state index is 3.57. The minimum Gasteiger partial charge on any atom is -0.307 e. The average Bonchev–Trinajstić information content (AvgIpc) is 2.15. The molecular formula is C15H25N. The average molecular weight is 219 g/mol. The van der Waals surface area contributed by atoms with E-state index in [9.17, 15) is 0 Å². The zero-order chi connectivity index (χ0) is 12.0. The lowest BCUT2D eigenvalue weighted by atomic mass is 9.80. The fraction of sp³-hybridized carbons (Fsp3) is 0.600. The molecule has 0 aromatic heterocycles. The van der Waals surface area contributed by atoms with Gasteiger partial charge in [-0.15, -0.1) is 0 Å². The lowest BCUT2D eigenvalue weighted by Gasteiger charge is -2.35. The van der Waals surface area contributed by atoms with Gasteiger partial charge < -0.3 is 5.32 Å². The third kappa shape index (κ3) is 2.01. The van der Waals surface area contributed by atoms with E-state index in [-0.39, 0.29) is 12.4 Å². The van der Waals surface area contributed by atoms with Gasteiger partial charge >= 0.3 is 0 Å². The van der Waals surface area contributed by atoms with Gasteiger partial charge in [0.05, 0.1) is 0 Å². The van der Waals surface area contributed by atoms with Crippen LogP contribution in [0, 0.1) is 0 Å². The number of hydrogen-bond acceptors (Lipinski definition) is 1. The summed E-state index contributed by atoms with van der Waals surface area (Å²) in [4.78, 5) is 0. The van der Waals surface area contributed by atoms with Crippen molar-refractivity contribution < 1.29 is 1.43 Å². The van der Waals surface area contributed by atoms with Crippen molar-refractivity contribution in [2.45, 2.75) is 52.0 Å². The lowest BCUT2D eigenvalue weighted by molar-refractivity contribution is 0.381. The van der Waals surface area contributed by atoms with Crippen LogP contribution in [-0.4, -0.2) is 6.54 Å². The summed E-state index contributed by atoms with van der Waals surface area (Å²) in [6, 6.07) is 6.99. The standard InChI is InChI=1S/C15H23N.H2/c1-14(2,3)12-6-7-13-11(10-12)8-9-16-15(13,4)5;/h6-7,10,16H,8-9H2,1-5H3;1H. The van der Waals surface area contributed by atoms with E-state index in [1.165, 1.54) is 16.7 Å². The van der Waals surface area contributed by atoms with Crippen molar-refractivity contribution in [2.75, 3.05) is 6.54 Å². The first-order chi connectivity index (χ1) is 7.31. The Morgan fingerprint density at radius 1 is 1.25 bits per heavy atom. The molecule has 1 heterocycles. The highest BCUT2D eigenvalue weighted by Gasteiger charge is 2.27. The van der Waals surface area contributed by atoms with Crippen molar-refractivity contribution in [1.29, 1.82) is 0 Å². The molecule has 0 aliphatic carbocycles. The molecule has 0 radical (unpaired) electrons. The van der Waals surface area contributed by atoms with Crippen LogP contribution in [0.4, 0.5) is 0 Å². The van der Waals surface area contributed by atoms with Crippen LogP contribution in [0.1, 0.15) is 52.7 Å². The van der Waals surface area contributed by atoms with E-state index in [1.54, 1.807) is 0 Å². The van der Waals surface area contributed by atoms with Gasteiger partial charge in [-0.2, -0.15) is 0 Å². The summed E-state index contributed by atoms with van der Waals surface area (Å²) in [5, 5.41) is 3.57. The molecule has 1 aromatic rings. The van der Waals surface area contributed by atoms with Gasteiger partial charge in [-0.05, 0) is 48.9 Å². The molecule has 0 fully saturated rings. The molecule has 1 aromatic carbocycles. The quantitative estimate of drug-likeness (QED) is 0.703. The second-order valence-electron chi connectivity index (χ2n) is 6.42. The van der Waals surface area contributed by atoms with Crippen molar-refractivity contribution in [3.63, 3.8) is 0 Å². The Morgan fingerprint density at radius 3 is 2.56 bits per heavy atom. The van der Waals surface area contributed by atoms with Gasteiger partial charge in [0.1, 0.15) is 0 Å². The summed E-state index contributed by atoms with van der Waals surface area (Å²) < 4.78 is 0. The van der Waals surface area contributed by atoms with Gasteiger partial charge in [0, 0.05) is 6.97 Å². The van der Waals surface area contributed by atoms with Crippen molar-refractivity contribution in [1.82, 2.24) is 5.32 Å². The fourth-order valence-electron chi connectivity index (χ4n) is 2.48.